The minimum atomic E-state index is -1.46. The van der Waals surface area contributed by atoms with Crippen molar-refractivity contribution in [1.82, 2.24) is 10.2 Å². The number of carboxylic acid groups (broad SMARTS) is 1. The maximum atomic E-state index is 11.4. The average Bonchev–Trinajstić information content (AvgIpc) is 2.25. The summed E-state index contributed by atoms with van der Waals surface area (Å²) in [6, 6.07) is -0.380. The van der Waals surface area contributed by atoms with Gasteiger partial charge in [-0.1, -0.05) is 0 Å². The Hall–Kier alpha value is -1.34. The van der Waals surface area contributed by atoms with E-state index in [1.165, 1.54) is 4.90 Å². The van der Waals surface area contributed by atoms with Gasteiger partial charge in [0.2, 0.25) is 0 Å². The summed E-state index contributed by atoms with van der Waals surface area (Å²) in [5.41, 5.74) is 0. The van der Waals surface area contributed by atoms with Gasteiger partial charge in [0.25, 0.3) is 0 Å². The lowest BCUT2D eigenvalue weighted by molar-refractivity contribution is -0.146. The molecular weight excluding hydrogens is 216 g/mol. The van der Waals surface area contributed by atoms with Gasteiger partial charge >= 0.3 is 12.0 Å². The first kappa shape index (κ1) is 14.7. The summed E-state index contributed by atoms with van der Waals surface area (Å²) in [5, 5.41) is 28.4. The molecule has 94 valence electrons. The highest BCUT2D eigenvalue weighted by Crippen LogP contribution is 1.92. The highest BCUT2D eigenvalue weighted by atomic mass is 16.4. The van der Waals surface area contributed by atoms with Crippen molar-refractivity contribution < 1.29 is 24.9 Å². The van der Waals surface area contributed by atoms with Crippen LogP contribution in [-0.2, 0) is 4.79 Å². The number of nitrogens with one attached hydrogen (secondary N) is 1. The third kappa shape index (κ3) is 5.52. The van der Waals surface area contributed by atoms with Gasteiger partial charge in [-0.05, 0) is 6.92 Å². The lowest BCUT2D eigenvalue weighted by atomic mass is 10.2. The average molecular weight is 234 g/mol. The van der Waals surface area contributed by atoms with Crippen molar-refractivity contribution >= 4 is 12.0 Å². The number of hydrogen-bond donors (Lipinski definition) is 4. The number of aliphatic hydroxyl groups is 2. The molecule has 2 amide bonds. The number of urea groups is 1. The highest BCUT2D eigenvalue weighted by Gasteiger charge is 2.14. The van der Waals surface area contributed by atoms with E-state index < -0.39 is 12.1 Å². The summed E-state index contributed by atoms with van der Waals surface area (Å²) in [6.07, 6.45) is -1.51. The summed E-state index contributed by atoms with van der Waals surface area (Å²) >= 11 is 0. The second kappa shape index (κ2) is 7.89. The molecule has 4 N–H and O–H groups in total. The number of nitrogens with zero attached hydrogens (tertiary/aromatic N) is 1. The largest absolute Gasteiger partial charge is 0.479 e. The van der Waals surface area contributed by atoms with E-state index in [-0.39, 0.29) is 32.1 Å². The number of aliphatic carboxylic acids is 1. The van der Waals surface area contributed by atoms with Gasteiger partial charge in [0.15, 0.2) is 6.10 Å². The fourth-order valence-corrected chi connectivity index (χ4v) is 1.08. The van der Waals surface area contributed by atoms with E-state index >= 15 is 0 Å². The molecule has 0 radical (unpaired) electrons. The lowest BCUT2D eigenvalue weighted by Gasteiger charge is -2.20. The van der Waals surface area contributed by atoms with Crippen LogP contribution in [0.3, 0.4) is 0 Å². The first-order valence-corrected chi connectivity index (χ1v) is 5.07. The van der Waals surface area contributed by atoms with Crippen LogP contribution in [-0.4, -0.2) is 64.6 Å². The van der Waals surface area contributed by atoms with Gasteiger partial charge in [0.05, 0.1) is 6.61 Å². The summed E-state index contributed by atoms with van der Waals surface area (Å²) in [7, 11) is 0. The molecule has 0 fully saturated rings. The summed E-state index contributed by atoms with van der Waals surface area (Å²) < 4.78 is 0. The van der Waals surface area contributed by atoms with Crippen molar-refractivity contribution in [1.29, 1.82) is 0 Å². The monoisotopic (exact) mass is 234 g/mol. The Morgan fingerprint density at radius 1 is 1.44 bits per heavy atom. The minimum absolute atomic E-state index is 0.0439. The lowest BCUT2D eigenvalue weighted by Crippen LogP contribution is -2.42. The molecule has 0 rings (SSSR count). The van der Waals surface area contributed by atoms with Gasteiger partial charge in [-0.2, -0.15) is 0 Å². The molecule has 7 heteroatoms. The molecule has 0 aliphatic heterocycles. The Balaban J connectivity index is 3.83. The third-order valence-electron chi connectivity index (χ3n) is 2.02. The highest BCUT2D eigenvalue weighted by molar-refractivity contribution is 5.74. The van der Waals surface area contributed by atoms with Crippen LogP contribution in [0.4, 0.5) is 4.79 Å². The Morgan fingerprint density at radius 3 is 2.50 bits per heavy atom. The molecule has 1 atom stereocenters. The quantitative estimate of drug-likeness (QED) is 0.444. The van der Waals surface area contributed by atoms with Crippen molar-refractivity contribution in [3.63, 3.8) is 0 Å². The molecule has 0 saturated carbocycles. The van der Waals surface area contributed by atoms with E-state index in [1.807, 2.05) is 0 Å². The van der Waals surface area contributed by atoms with Crippen molar-refractivity contribution in [3.05, 3.63) is 0 Å². The van der Waals surface area contributed by atoms with E-state index in [2.05, 4.69) is 5.32 Å². The first-order valence-electron chi connectivity index (χ1n) is 5.07. The van der Waals surface area contributed by atoms with Crippen molar-refractivity contribution in [3.8, 4) is 0 Å². The number of carbonyl (C=O) groups is 2. The predicted molar refractivity (Wildman–Crippen MR) is 56.0 cm³/mol. The van der Waals surface area contributed by atoms with Gasteiger partial charge in [-0.15, -0.1) is 0 Å². The number of likely N-dealkylation sites (N-methyl/N-ethyl adjacent to an activating group) is 1. The molecule has 0 saturated heterocycles. The third-order valence-corrected chi connectivity index (χ3v) is 2.02. The number of hydrogen-bond acceptors (Lipinski definition) is 4. The fraction of sp³-hybridized carbons (Fsp3) is 0.778. The molecule has 16 heavy (non-hydrogen) atoms. The molecule has 0 aromatic rings. The Labute approximate surface area is 93.7 Å². The normalized spacial score (nSPS) is 11.9. The van der Waals surface area contributed by atoms with Gasteiger partial charge in [-0.25, -0.2) is 9.59 Å². The molecule has 0 aromatic carbocycles. The van der Waals surface area contributed by atoms with Crippen LogP contribution in [0.1, 0.15) is 13.3 Å². The van der Waals surface area contributed by atoms with Crippen LogP contribution in [0.25, 0.3) is 0 Å². The number of carbonyl (C=O) groups excluding carboxylic acids is 1. The zero-order valence-electron chi connectivity index (χ0n) is 9.22. The molecule has 7 nitrogen and oxygen atoms in total. The van der Waals surface area contributed by atoms with Crippen molar-refractivity contribution in [2.45, 2.75) is 19.4 Å². The molecular formula is C9H18N2O5. The number of rotatable bonds is 7. The van der Waals surface area contributed by atoms with Crippen LogP contribution in [0.2, 0.25) is 0 Å². The van der Waals surface area contributed by atoms with E-state index in [9.17, 15) is 9.59 Å². The smallest absolute Gasteiger partial charge is 0.332 e. The maximum absolute atomic E-state index is 11.4. The molecule has 0 spiro atoms. The SMILES string of the molecule is CCN(CCO)C(=O)NCCC(O)C(=O)O. The molecule has 0 aliphatic rings. The van der Waals surface area contributed by atoms with Crippen LogP contribution in [0, 0.1) is 0 Å². The van der Waals surface area contributed by atoms with Gasteiger partial charge in [0.1, 0.15) is 0 Å². The fourth-order valence-electron chi connectivity index (χ4n) is 1.08. The molecule has 1 unspecified atom stereocenters. The Bertz CT molecular complexity index is 234. The maximum Gasteiger partial charge on any atom is 0.332 e. The number of carboxylic acids is 1. The second-order valence-corrected chi connectivity index (χ2v) is 3.18. The Morgan fingerprint density at radius 2 is 2.06 bits per heavy atom. The van der Waals surface area contributed by atoms with Crippen molar-refractivity contribution in [2.75, 3.05) is 26.2 Å². The molecule has 0 aromatic heterocycles. The Kier molecular flexibility index (Phi) is 7.23. The molecule has 0 bridgehead atoms. The topological polar surface area (TPSA) is 110 Å². The predicted octanol–water partition coefficient (Wildman–Crippen LogP) is -1.15. The second-order valence-electron chi connectivity index (χ2n) is 3.18. The zero-order valence-corrected chi connectivity index (χ0v) is 9.22. The number of amides is 2. The molecule has 0 aliphatic carbocycles. The summed E-state index contributed by atoms with van der Waals surface area (Å²) in [4.78, 5) is 23.0. The minimum Gasteiger partial charge on any atom is -0.479 e. The summed E-state index contributed by atoms with van der Waals surface area (Å²) in [5.74, 6) is -1.31. The van der Waals surface area contributed by atoms with E-state index in [0.29, 0.717) is 6.54 Å². The van der Waals surface area contributed by atoms with E-state index in [0.717, 1.165) is 0 Å². The van der Waals surface area contributed by atoms with Crippen LogP contribution in [0.15, 0.2) is 0 Å². The molecule has 0 heterocycles. The van der Waals surface area contributed by atoms with Gasteiger partial charge in [0, 0.05) is 26.1 Å². The van der Waals surface area contributed by atoms with Crippen LogP contribution in [0.5, 0.6) is 0 Å². The van der Waals surface area contributed by atoms with E-state index in [1.54, 1.807) is 6.92 Å². The van der Waals surface area contributed by atoms with Gasteiger partial charge in [-0.3, -0.25) is 0 Å². The summed E-state index contributed by atoms with van der Waals surface area (Å²) in [6.45, 7) is 2.40. The first-order chi connectivity index (χ1) is 7.52. The standard InChI is InChI=1S/C9H18N2O5/c1-2-11(5-6-12)9(16)10-4-3-7(13)8(14)15/h7,12-13H,2-6H2,1H3,(H,10,16)(H,14,15). The number of aliphatic hydroxyl groups excluding tert-OH is 2. The van der Waals surface area contributed by atoms with Crippen LogP contribution >= 0.6 is 0 Å². The van der Waals surface area contributed by atoms with Crippen molar-refractivity contribution in [2.24, 2.45) is 0 Å². The van der Waals surface area contributed by atoms with Crippen LogP contribution < -0.4 is 5.32 Å². The van der Waals surface area contributed by atoms with E-state index in [4.69, 9.17) is 15.3 Å². The zero-order chi connectivity index (χ0) is 12.6. The van der Waals surface area contributed by atoms with Gasteiger partial charge < -0.3 is 25.5 Å².